The molecule has 3 rings (SSSR count). The number of nitrogens with one attached hydrogen (secondary N) is 2. The van der Waals surface area contributed by atoms with E-state index in [4.69, 9.17) is 9.26 Å². The number of likely N-dealkylation sites (tertiary alicyclic amines) is 1. The fourth-order valence-electron chi connectivity index (χ4n) is 3.42. The third-order valence-electron chi connectivity index (χ3n) is 5.09. The highest BCUT2D eigenvalue weighted by Crippen LogP contribution is 2.20. The lowest BCUT2D eigenvalue weighted by Gasteiger charge is -2.31. The Kier molecular flexibility index (Phi) is 6.87. The molecule has 0 bridgehead atoms. The molecule has 32 heavy (non-hydrogen) atoms. The minimum Gasteiger partial charge on any atom is -0.444 e. The summed E-state index contributed by atoms with van der Waals surface area (Å²) in [4.78, 5) is 31.1. The number of carbonyl (C=O) groups is 2. The number of alkyl carbamates (subject to hydrolysis) is 1. The second-order valence-electron chi connectivity index (χ2n) is 9.69. The average molecular weight is 448 g/mol. The fourth-order valence-corrected chi connectivity index (χ4v) is 3.42. The van der Waals surface area contributed by atoms with Crippen molar-refractivity contribution in [3.05, 3.63) is 29.7 Å². The van der Waals surface area contributed by atoms with Crippen LogP contribution < -0.4 is 10.6 Å². The van der Waals surface area contributed by atoms with Crippen LogP contribution >= 0.6 is 0 Å². The van der Waals surface area contributed by atoms with Gasteiger partial charge < -0.3 is 19.9 Å². The Hall–Kier alpha value is -2.95. The van der Waals surface area contributed by atoms with Gasteiger partial charge in [-0.1, -0.05) is 5.16 Å². The molecular formula is C21H33N7O4. The largest absolute Gasteiger partial charge is 0.444 e. The van der Waals surface area contributed by atoms with E-state index in [1.165, 1.54) is 0 Å². The molecule has 0 unspecified atom stereocenters. The number of hydrogen-bond acceptors (Lipinski definition) is 8. The van der Waals surface area contributed by atoms with Crippen LogP contribution in [-0.4, -0.2) is 61.6 Å². The van der Waals surface area contributed by atoms with E-state index < -0.39 is 17.2 Å². The topological polar surface area (TPSA) is 127 Å². The summed E-state index contributed by atoms with van der Waals surface area (Å²) in [5.41, 5.74) is -0.865. The molecule has 176 valence electrons. The summed E-state index contributed by atoms with van der Waals surface area (Å²) >= 11 is 0. The van der Waals surface area contributed by atoms with Crippen molar-refractivity contribution in [1.29, 1.82) is 0 Å². The van der Waals surface area contributed by atoms with Gasteiger partial charge in [0.25, 0.3) is 5.91 Å². The summed E-state index contributed by atoms with van der Waals surface area (Å²) in [6.45, 7) is 11.1. The van der Waals surface area contributed by atoms with E-state index in [9.17, 15) is 9.59 Å². The van der Waals surface area contributed by atoms with Crippen LogP contribution in [0.4, 0.5) is 4.79 Å². The summed E-state index contributed by atoms with van der Waals surface area (Å²) in [5, 5.41) is 13.9. The molecule has 0 atom stereocenters. The molecule has 1 aliphatic heterocycles. The van der Waals surface area contributed by atoms with Gasteiger partial charge in [0.1, 0.15) is 11.1 Å². The van der Waals surface area contributed by atoms with Crippen LogP contribution in [0.3, 0.4) is 0 Å². The van der Waals surface area contributed by atoms with Gasteiger partial charge in [-0.3, -0.25) is 14.4 Å². The van der Waals surface area contributed by atoms with Gasteiger partial charge in [-0.05, 0) is 47.5 Å². The molecular weight excluding hydrogens is 414 g/mol. The van der Waals surface area contributed by atoms with Gasteiger partial charge in [0.05, 0.1) is 18.3 Å². The predicted octanol–water partition coefficient (Wildman–Crippen LogP) is 1.96. The number of hydrogen-bond donors (Lipinski definition) is 2. The van der Waals surface area contributed by atoms with Crippen molar-refractivity contribution >= 4 is 12.0 Å². The smallest absolute Gasteiger partial charge is 0.408 e. The van der Waals surface area contributed by atoms with E-state index in [-0.39, 0.29) is 11.9 Å². The summed E-state index contributed by atoms with van der Waals surface area (Å²) in [6, 6.07) is 0.120. The summed E-state index contributed by atoms with van der Waals surface area (Å²) in [7, 11) is 1.78. The first kappa shape index (κ1) is 23.7. The molecule has 2 amide bonds. The van der Waals surface area contributed by atoms with Gasteiger partial charge in [-0.25, -0.2) is 4.79 Å². The number of amides is 2. The predicted molar refractivity (Wildman–Crippen MR) is 116 cm³/mol. The molecule has 1 aliphatic rings. The summed E-state index contributed by atoms with van der Waals surface area (Å²) < 4.78 is 12.3. The molecule has 0 aliphatic carbocycles. The molecule has 3 heterocycles. The molecule has 0 radical (unpaired) electrons. The summed E-state index contributed by atoms with van der Waals surface area (Å²) in [6.07, 6.45) is 4.40. The highest BCUT2D eigenvalue weighted by Gasteiger charge is 2.31. The van der Waals surface area contributed by atoms with Crippen LogP contribution in [0.15, 0.2) is 16.9 Å². The SMILES string of the molecule is Cn1cc(C(=O)NC2CCN(Cc3nc(C(C)(C)NC(=O)OC(C)(C)C)no3)CC2)cn1. The maximum atomic E-state index is 12.3. The van der Waals surface area contributed by atoms with Crippen LogP contribution in [0, 0.1) is 0 Å². The lowest BCUT2D eigenvalue weighted by Crippen LogP contribution is -2.44. The zero-order chi connectivity index (χ0) is 23.5. The van der Waals surface area contributed by atoms with Gasteiger partial charge >= 0.3 is 6.09 Å². The number of aryl methyl sites for hydroxylation is 1. The first-order valence-corrected chi connectivity index (χ1v) is 10.8. The van der Waals surface area contributed by atoms with Gasteiger partial charge in [0.2, 0.25) is 5.89 Å². The standard InChI is InChI=1S/C21H33N7O4/c1-20(2,3)31-19(30)25-21(4,5)18-24-16(32-26-18)13-28-9-7-15(8-10-28)23-17(29)14-11-22-27(6)12-14/h11-12,15H,7-10,13H2,1-6H3,(H,23,29)(H,25,30). The van der Waals surface area contributed by atoms with Crippen molar-refractivity contribution in [2.45, 2.75) is 71.2 Å². The Balaban J connectivity index is 1.47. The van der Waals surface area contributed by atoms with Gasteiger partial charge in [-0.2, -0.15) is 10.1 Å². The van der Waals surface area contributed by atoms with Crippen molar-refractivity contribution in [1.82, 2.24) is 35.5 Å². The van der Waals surface area contributed by atoms with Gasteiger partial charge in [-0.15, -0.1) is 0 Å². The molecule has 1 fully saturated rings. The van der Waals surface area contributed by atoms with Crippen molar-refractivity contribution < 1.29 is 18.8 Å². The van der Waals surface area contributed by atoms with E-state index in [2.05, 4.69) is 30.8 Å². The molecule has 0 saturated carbocycles. The van der Waals surface area contributed by atoms with Gasteiger partial charge in [0, 0.05) is 32.4 Å². The lowest BCUT2D eigenvalue weighted by molar-refractivity contribution is 0.0465. The Labute approximate surface area is 187 Å². The number of piperidine rings is 1. The highest BCUT2D eigenvalue weighted by molar-refractivity contribution is 5.93. The lowest BCUT2D eigenvalue weighted by atomic mass is 10.0. The molecule has 0 spiro atoms. The number of rotatable bonds is 6. The maximum absolute atomic E-state index is 12.3. The Morgan fingerprint density at radius 3 is 2.50 bits per heavy atom. The van der Waals surface area contributed by atoms with Crippen molar-refractivity contribution in [2.75, 3.05) is 13.1 Å². The minimum absolute atomic E-state index is 0.0992. The van der Waals surface area contributed by atoms with Crippen molar-refractivity contribution in [3.8, 4) is 0 Å². The number of nitrogens with zero attached hydrogens (tertiary/aromatic N) is 5. The Morgan fingerprint density at radius 1 is 1.22 bits per heavy atom. The van der Waals surface area contributed by atoms with Crippen LogP contribution in [-0.2, 0) is 23.9 Å². The first-order chi connectivity index (χ1) is 14.9. The van der Waals surface area contributed by atoms with E-state index in [1.807, 2.05) is 0 Å². The minimum atomic E-state index is -0.840. The second-order valence-corrected chi connectivity index (χ2v) is 9.69. The fraction of sp³-hybridized carbons (Fsp3) is 0.667. The number of carbonyl (C=O) groups excluding carboxylic acids is 2. The third-order valence-corrected chi connectivity index (χ3v) is 5.09. The average Bonchev–Trinajstić information content (AvgIpc) is 3.31. The molecule has 2 aromatic rings. The number of ether oxygens (including phenoxy) is 1. The quantitative estimate of drug-likeness (QED) is 0.688. The van der Waals surface area contributed by atoms with Gasteiger partial charge in [0.15, 0.2) is 5.82 Å². The Morgan fingerprint density at radius 2 is 1.91 bits per heavy atom. The van der Waals surface area contributed by atoms with Crippen LogP contribution in [0.5, 0.6) is 0 Å². The molecule has 11 heteroatoms. The molecule has 11 nitrogen and oxygen atoms in total. The van der Waals surface area contributed by atoms with E-state index in [0.717, 1.165) is 25.9 Å². The van der Waals surface area contributed by atoms with E-state index >= 15 is 0 Å². The molecule has 0 aromatic carbocycles. The second kappa shape index (κ2) is 9.27. The maximum Gasteiger partial charge on any atom is 0.408 e. The van der Waals surface area contributed by atoms with Crippen LogP contribution in [0.1, 0.15) is 69.5 Å². The normalized spacial score (nSPS) is 16.1. The van der Waals surface area contributed by atoms with E-state index in [0.29, 0.717) is 23.8 Å². The molecule has 2 aromatic heterocycles. The highest BCUT2D eigenvalue weighted by atomic mass is 16.6. The first-order valence-electron chi connectivity index (χ1n) is 10.8. The summed E-state index contributed by atoms with van der Waals surface area (Å²) in [5.74, 6) is 0.770. The monoisotopic (exact) mass is 447 g/mol. The Bertz CT molecular complexity index is 936. The molecule has 2 N–H and O–H groups in total. The van der Waals surface area contributed by atoms with Crippen LogP contribution in [0.2, 0.25) is 0 Å². The van der Waals surface area contributed by atoms with Crippen LogP contribution in [0.25, 0.3) is 0 Å². The zero-order valence-corrected chi connectivity index (χ0v) is 19.6. The van der Waals surface area contributed by atoms with Crippen molar-refractivity contribution in [2.24, 2.45) is 7.05 Å². The van der Waals surface area contributed by atoms with E-state index in [1.54, 1.807) is 58.7 Å². The zero-order valence-electron chi connectivity index (χ0n) is 19.6. The van der Waals surface area contributed by atoms with Crippen molar-refractivity contribution in [3.63, 3.8) is 0 Å². The number of aromatic nitrogens is 4. The third kappa shape index (κ3) is 6.52. The molecule has 1 saturated heterocycles.